The summed E-state index contributed by atoms with van der Waals surface area (Å²) in [4.78, 5) is 11.5. The molecule has 0 aromatic rings. The number of halogens is 1. The molecular formula is C16H29FO3Si. The highest BCUT2D eigenvalue weighted by atomic mass is 28.4. The second-order valence-electron chi connectivity index (χ2n) is 7.22. The highest BCUT2D eigenvalue weighted by Gasteiger charge is 2.38. The number of carbonyl (C=O) groups is 1. The minimum absolute atomic E-state index is 0.0172. The number of carbonyl (C=O) groups excluding carboxylic acids is 1. The maximum atomic E-state index is 14.2. The molecule has 0 bridgehead atoms. The summed E-state index contributed by atoms with van der Waals surface area (Å²) in [5.41, 5.74) is 0.590. The van der Waals surface area contributed by atoms with Crippen LogP contribution in [0.25, 0.3) is 0 Å². The lowest BCUT2D eigenvalue weighted by molar-refractivity contribution is -0.140. The van der Waals surface area contributed by atoms with Gasteiger partial charge in [0.25, 0.3) is 0 Å². The molecular weight excluding hydrogens is 287 g/mol. The average molecular weight is 316 g/mol. The fourth-order valence-corrected chi connectivity index (χ4v) is 3.29. The van der Waals surface area contributed by atoms with Gasteiger partial charge >= 0.3 is 5.97 Å². The van der Waals surface area contributed by atoms with E-state index in [1.165, 1.54) is 0 Å². The first kappa shape index (κ1) is 18.4. The van der Waals surface area contributed by atoms with Crippen molar-refractivity contribution in [3.05, 3.63) is 11.4 Å². The van der Waals surface area contributed by atoms with Crippen molar-refractivity contribution in [2.75, 3.05) is 13.2 Å². The summed E-state index contributed by atoms with van der Waals surface area (Å²) in [7, 11) is -1.84. The molecule has 1 rings (SSSR count). The van der Waals surface area contributed by atoms with E-state index < -0.39 is 20.1 Å². The summed E-state index contributed by atoms with van der Waals surface area (Å²) < 4.78 is 25.1. The van der Waals surface area contributed by atoms with Gasteiger partial charge in [0.15, 0.2) is 8.32 Å². The molecule has 1 aliphatic carbocycles. The van der Waals surface area contributed by atoms with Crippen molar-refractivity contribution in [3.8, 4) is 0 Å². The molecule has 0 amide bonds. The van der Waals surface area contributed by atoms with Crippen LogP contribution in [0.5, 0.6) is 0 Å². The van der Waals surface area contributed by atoms with Crippen LogP contribution in [0.4, 0.5) is 4.39 Å². The molecule has 1 fully saturated rings. The SMILES string of the molecule is CCOC(=O)/C(F)=C1\CCC[C@H]1CO[Si](C)(C)C(C)(C)C. The molecule has 0 aromatic heterocycles. The van der Waals surface area contributed by atoms with E-state index in [-0.39, 0.29) is 17.6 Å². The summed E-state index contributed by atoms with van der Waals surface area (Å²) >= 11 is 0. The van der Waals surface area contributed by atoms with E-state index in [2.05, 4.69) is 33.9 Å². The molecule has 0 radical (unpaired) electrons. The van der Waals surface area contributed by atoms with E-state index >= 15 is 0 Å². The molecule has 122 valence electrons. The van der Waals surface area contributed by atoms with E-state index in [1.807, 2.05) is 0 Å². The lowest BCUT2D eigenvalue weighted by Gasteiger charge is -2.37. The zero-order valence-electron chi connectivity index (χ0n) is 14.2. The minimum Gasteiger partial charge on any atom is -0.461 e. The molecule has 0 spiro atoms. The fourth-order valence-electron chi connectivity index (χ4n) is 2.24. The van der Waals surface area contributed by atoms with Gasteiger partial charge in [0.2, 0.25) is 5.83 Å². The molecule has 0 heterocycles. The zero-order chi connectivity index (χ0) is 16.3. The van der Waals surface area contributed by atoms with Crippen LogP contribution in [-0.2, 0) is 14.0 Å². The maximum Gasteiger partial charge on any atom is 0.367 e. The van der Waals surface area contributed by atoms with Gasteiger partial charge in [0.05, 0.1) is 6.61 Å². The Bertz CT molecular complexity index is 410. The highest BCUT2D eigenvalue weighted by Crippen LogP contribution is 2.39. The predicted octanol–water partition coefficient (Wildman–Crippen LogP) is 4.60. The minimum atomic E-state index is -1.84. The van der Waals surface area contributed by atoms with E-state index in [0.29, 0.717) is 18.6 Å². The Morgan fingerprint density at radius 1 is 1.38 bits per heavy atom. The van der Waals surface area contributed by atoms with Crippen LogP contribution in [-0.4, -0.2) is 27.5 Å². The summed E-state index contributed by atoms with van der Waals surface area (Å²) in [6.45, 7) is 13.3. The fraction of sp³-hybridized carbons (Fsp3) is 0.812. The van der Waals surface area contributed by atoms with Gasteiger partial charge in [0, 0.05) is 12.5 Å². The summed E-state index contributed by atoms with van der Waals surface area (Å²) in [6, 6.07) is 0. The largest absolute Gasteiger partial charge is 0.461 e. The quantitative estimate of drug-likeness (QED) is 0.422. The van der Waals surface area contributed by atoms with Gasteiger partial charge in [-0.05, 0) is 49.9 Å². The van der Waals surface area contributed by atoms with E-state index in [9.17, 15) is 9.18 Å². The van der Waals surface area contributed by atoms with Gasteiger partial charge in [-0.25, -0.2) is 4.79 Å². The lowest BCUT2D eigenvalue weighted by atomic mass is 10.0. The van der Waals surface area contributed by atoms with Crippen molar-refractivity contribution in [2.24, 2.45) is 5.92 Å². The average Bonchev–Trinajstić information content (AvgIpc) is 2.82. The number of rotatable bonds is 5. The van der Waals surface area contributed by atoms with Crippen LogP contribution in [0.2, 0.25) is 18.1 Å². The Hall–Kier alpha value is -0.683. The smallest absolute Gasteiger partial charge is 0.367 e. The van der Waals surface area contributed by atoms with Crippen molar-refractivity contribution in [3.63, 3.8) is 0 Å². The van der Waals surface area contributed by atoms with Gasteiger partial charge in [-0.3, -0.25) is 0 Å². The molecule has 0 saturated heterocycles. The molecule has 0 unspecified atom stereocenters. The third-order valence-electron chi connectivity index (χ3n) is 4.68. The monoisotopic (exact) mass is 316 g/mol. The Labute approximate surface area is 129 Å². The first-order chi connectivity index (χ1) is 9.60. The molecule has 1 atom stereocenters. The Balaban J connectivity index is 2.75. The van der Waals surface area contributed by atoms with Gasteiger partial charge in [-0.15, -0.1) is 0 Å². The molecule has 21 heavy (non-hydrogen) atoms. The molecule has 1 saturated carbocycles. The number of esters is 1. The Morgan fingerprint density at radius 3 is 2.52 bits per heavy atom. The predicted molar refractivity (Wildman–Crippen MR) is 85.3 cm³/mol. The molecule has 1 aliphatic rings. The standard InChI is InChI=1S/C16H29FO3Si/c1-7-19-15(18)14(17)13-10-8-9-12(13)11-20-21(5,6)16(2,3)4/h12H,7-11H2,1-6H3/b14-13-/t12-/m0/s1. The number of hydrogen-bond acceptors (Lipinski definition) is 3. The van der Waals surface area contributed by atoms with Crippen molar-refractivity contribution in [1.82, 2.24) is 0 Å². The van der Waals surface area contributed by atoms with Crippen molar-refractivity contribution >= 4 is 14.3 Å². The van der Waals surface area contributed by atoms with Gasteiger partial charge in [0.1, 0.15) is 0 Å². The van der Waals surface area contributed by atoms with Crippen LogP contribution >= 0.6 is 0 Å². The third kappa shape index (κ3) is 4.64. The summed E-state index contributed by atoms with van der Waals surface area (Å²) in [5, 5.41) is 0.134. The Kier molecular flexibility index (Phi) is 6.17. The van der Waals surface area contributed by atoms with Crippen LogP contribution < -0.4 is 0 Å². The third-order valence-corrected chi connectivity index (χ3v) is 9.18. The topological polar surface area (TPSA) is 35.5 Å². The first-order valence-electron chi connectivity index (χ1n) is 7.79. The Morgan fingerprint density at radius 2 is 2.00 bits per heavy atom. The van der Waals surface area contributed by atoms with Crippen LogP contribution in [0.15, 0.2) is 11.4 Å². The van der Waals surface area contributed by atoms with Crippen molar-refractivity contribution in [1.29, 1.82) is 0 Å². The van der Waals surface area contributed by atoms with Gasteiger partial charge < -0.3 is 9.16 Å². The van der Waals surface area contributed by atoms with Crippen LogP contribution in [0.1, 0.15) is 47.0 Å². The van der Waals surface area contributed by atoms with Gasteiger partial charge in [-0.2, -0.15) is 4.39 Å². The molecule has 0 aliphatic heterocycles. The second-order valence-corrected chi connectivity index (χ2v) is 12.0. The molecule has 0 aromatic carbocycles. The highest BCUT2D eigenvalue weighted by molar-refractivity contribution is 6.74. The van der Waals surface area contributed by atoms with E-state index in [1.54, 1.807) is 6.92 Å². The normalized spacial score (nSPS) is 22.3. The summed E-state index contributed by atoms with van der Waals surface area (Å²) in [6.07, 6.45) is 2.43. The molecule has 5 heteroatoms. The zero-order valence-corrected chi connectivity index (χ0v) is 15.2. The van der Waals surface area contributed by atoms with Gasteiger partial charge in [-0.1, -0.05) is 20.8 Å². The van der Waals surface area contributed by atoms with E-state index in [0.717, 1.165) is 12.8 Å². The van der Waals surface area contributed by atoms with Crippen LogP contribution in [0, 0.1) is 5.92 Å². The summed E-state index contributed by atoms with van der Waals surface area (Å²) in [5.74, 6) is -1.51. The molecule has 0 N–H and O–H groups in total. The first-order valence-corrected chi connectivity index (χ1v) is 10.7. The lowest BCUT2D eigenvalue weighted by Crippen LogP contribution is -2.41. The second kappa shape index (κ2) is 7.05. The van der Waals surface area contributed by atoms with Crippen molar-refractivity contribution < 1.29 is 18.3 Å². The maximum absolute atomic E-state index is 14.2. The number of ether oxygens (including phenoxy) is 1. The number of hydrogen-bond donors (Lipinski definition) is 0. The van der Waals surface area contributed by atoms with Crippen molar-refractivity contribution in [2.45, 2.75) is 65.1 Å². The molecule has 3 nitrogen and oxygen atoms in total. The van der Waals surface area contributed by atoms with Crippen LogP contribution in [0.3, 0.4) is 0 Å². The van der Waals surface area contributed by atoms with E-state index in [4.69, 9.17) is 9.16 Å².